The lowest BCUT2D eigenvalue weighted by atomic mass is 10.2. The average molecular weight is 412 g/mol. The van der Waals surface area contributed by atoms with E-state index in [-0.39, 0.29) is 18.6 Å². The quantitative estimate of drug-likeness (QED) is 0.584. The Hall–Kier alpha value is -3.50. The SMILES string of the molecule is COc1cc(C#CC#Cc2cn([C@H]3C[C@H](O)[C@@H](CO)O3)c(=O)[nH]c2=O)cc(OC)c1. The summed E-state index contributed by atoms with van der Waals surface area (Å²) in [4.78, 5) is 26.3. The Morgan fingerprint density at radius 1 is 1.17 bits per heavy atom. The molecule has 0 amide bonds. The van der Waals surface area contributed by atoms with E-state index >= 15 is 0 Å². The van der Waals surface area contributed by atoms with Crippen molar-refractivity contribution in [3.63, 3.8) is 0 Å². The molecule has 9 heteroatoms. The molecule has 0 spiro atoms. The zero-order chi connectivity index (χ0) is 21.7. The molecule has 1 aromatic heterocycles. The molecule has 0 unspecified atom stereocenters. The molecular formula is C21H20N2O7. The van der Waals surface area contributed by atoms with Gasteiger partial charge in [-0.3, -0.25) is 14.3 Å². The van der Waals surface area contributed by atoms with Crippen molar-refractivity contribution in [3.05, 3.63) is 56.4 Å². The number of methoxy groups -OCH3 is 2. The number of hydrogen-bond acceptors (Lipinski definition) is 7. The molecule has 3 rings (SSSR count). The molecule has 0 saturated carbocycles. The first-order chi connectivity index (χ1) is 14.4. The van der Waals surface area contributed by atoms with Crippen LogP contribution in [-0.2, 0) is 4.74 Å². The Labute approximate surface area is 171 Å². The lowest BCUT2D eigenvalue weighted by Gasteiger charge is -2.14. The van der Waals surface area contributed by atoms with Gasteiger partial charge in [0.15, 0.2) is 0 Å². The molecular weight excluding hydrogens is 392 g/mol. The van der Waals surface area contributed by atoms with Crippen molar-refractivity contribution < 1.29 is 24.4 Å². The van der Waals surface area contributed by atoms with E-state index in [1.54, 1.807) is 18.2 Å². The summed E-state index contributed by atoms with van der Waals surface area (Å²) in [5.41, 5.74) is -0.734. The maximum absolute atomic E-state index is 12.1. The van der Waals surface area contributed by atoms with Gasteiger partial charge in [-0.25, -0.2) is 4.79 Å². The van der Waals surface area contributed by atoms with Crippen LogP contribution in [0, 0.1) is 23.7 Å². The van der Waals surface area contributed by atoms with E-state index in [0.29, 0.717) is 17.1 Å². The Morgan fingerprint density at radius 2 is 1.83 bits per heavy atom. The van der Waals surface area contributed by atoms with Crippen LogP contribution in [0.3, 0.4) is 0 Å². The summed E-state index contributed by atoms with van der Waals surface area (Å²) >= 11 is 0. The monoisotopic (exact) mass is 412 g/mol. The van der Waals surface area contributed by atoms with Gasteiger partial charge in [-0.1, -0.05) is 5.92 Å². The van der Waals surface area contributed by atoms with Gasteiger partial charge >= 0.3 is 5.69 Å². The van der Waals surface area contributed by atoms with Crippen LogP contribution >= 0.6 is 0 Å². The largest absolute Gasteiger partial charge is 0.497 e. The smallest absolute Gasteiger partial charge is 0.330 e. The van der Waals surface area contributed by atoms with Crippen molar-refractivity contribution in [1.82, 2.24) is 9.55 Å². The fourth-order valence-electron chi connectivity index (χ4n) is 2.92. The zero-order valence-electron chi connectivity index (χ0n) is 16.3. The minimum Gasteiger partial charge on any atom is -0.497 e. The van der Waals surface area contributed by atoms with E-state index in [1.807, 2.05) is 0 Å². The van der Waals surface area contributed by atoms with Gasteiger partial charge in [0.1, 0.15) is 29.4 Å². The Morgan fingerprint density at radius 3 is 2.43 bits per heavy atom. The molecule has 1 aliphatic heterocycles. The van der Waals surface area contributed by atoms with Crippen LogP contribution in [0.2, 0.25) is 0 Å². The van der Waals surface area contributed by atoms with E-state index in [9.17, 15) is 19.8 Å². The molecule has 1 saturated heterocycles. The van der Waals surface area contributed by atoms with Crippen LogP contribution in [0.5, 0.6) is 11.5 Å². The summed E-state index contributed by atoms with van der Waals surface area (Å²) in [6, 6.07) is 5.14. The Kier molecular flexibility index (Phi) is 6.60. The van der Waals surface area contributed by atoms with E-state index in [4.69, 9.17) is 14.2 Å². The second-order valence-corrected chi connectivity index (χ2v) is 6.43. The number of benzene rings is 1. The van der Waals surface area contributed by atoms with Gasteiger partial charge in [-0.05, 0) is 29.9 Å². The minimum atomic E-state index is -0.918. The molecule has 3 atom stereocenters. The third-order valence-corrected chi connectivity index (χ3v) is 4.48. The molecule has 2 aromatic rings. The molecule has 1 aromatic carbocycles. The molecule has 2 heterocycles. The van der Waals surface area contributed by atoms with Gasteiger partial charge < -0.3 is 24.4 Å². The molecule has 30 heavy (non-hydrogen) atoms. The normalized spacial score (nSPS) is 19.9. The number of H-pyrrole nitrogens is 1. The summed E-state index contributed by atoms with van der Waals surface area (Å²) in [6.45, 7) is -0.382. The first-order valence-electron chi connectivity index (χ1n) is 9.00. The molecule has 1 fully saturated rings. The number of aliphatic hydroxyl groups is 2. The molecule has 9 nitrogen and oxygen atoms in total. The summed E-state index contributed by atoms with van der Waals surface area (Å²) < 4.78 is 16.9. The maximum Gasteiger partial charge on any atom is 0.330 e. The van der Waals surface area contributed by atoms with Crippen LogP contribution in [0.15, 0.2) is 34.0 Å². The molecule has 156 valence electrons. The third kappa shape index (κ3) is 4.73. The highest BCUT2D eigenvalue weighted by Gasteiger charge is 2.35. The number of nitrogens with zero attached hydrogens (tertiary/aromatic N) is 1. The first kappa shape index (κ1) is 21.2. The predicted molar refractivity (Wildman–Crippen MR) is 106 cm³/mol. The van der Waals surface area contributed by atoms with Gasteiger partial charge in [0.25, 0.3) is 5.56 Å². The molecule has 0 radical (unpaired) electrons. The van der Waals surface area contributed by atoms with E-state index < -0.39 is 29.7 Å². The van der Waals surface area contributed by atoms with Crippen molar-refractivity contribution in [1.29, 1.82) is 0 Å². The summed E-state index contributed by atoms with van der Waals surface area (Å²) in [7, 11) is 3.06. The lowest BCUT2D eigenvalue weighted by Crippen LogP contribution is -2.33. The number of aromatic nitrogens is 2. The zero-order valence-corrected chi connectivity index (χ0v) is 16.3. The van der Waals surface area contributed by atoms with Crippen molar-refractivity contribution >= 4 is 0 Å². The Bertz CT molecular complexity index is 1140. The summed E-state index contributed by atoms with van der Waals surface area (Å²) in [5.74, 6) is 11.8. The number of ether oxygens (including phenoxy) is 3. The lowest BCUT2D eigenvalue weighted by molar-refractivity contribution is -0.0459. The van der Waals surface area contributed by atoms with Crippen molar-refractivity contribution in [3.8, 4) is 35.2 Å². The maximum atomic E-state index is 12.1. The van der Waals surface area contributed by atoms with Crippen LogP contribution in [-0.4, -0.2) is 52.8 Å². The van der Waals surface area contributed by atoms with Gasteiger partial charge in [0.2, 0.25) is 0 Å². The van der Waals surface area contributed by atoms with Gasteiger partial charge in [-0.15, -0.1) is 0 Å². The highest BCUT2D eigenvalue weighted by atomic mass is 16.5. The van der Waals surface area contributed by atoms with E-state index in [1.165, 1.54) is 20.4 Å². The average Bonchev–Trinajstić information content (AvgIpc) is 3.12. The molecule has 0 bridgehead atoms. The van der Waals surface area contributed by atoms with Crippen LogP contribution < -0.4 is 20.7 Å². The number of hydrogen-bond donors (Lipinski definition) is 3. The Balaban J connectivity index is 1.86. The van der Waals surface area contributed by atoms with Crippen LogP contribution in [0.4, 0.5) is 0 Å². The van der Waals surface area contributed by atoms with Crippen molar-refractivity contribution in [2.45, 2.75) is 24.9 Å². The summed E-state index contributed by atoms with van der Waals surface area (Å²) in [5, 5.41) is 19.0. The topological polar surface area (TPSA) is 123 Å². The number of rotatable bonds is 4. The van der Waals surface area contributed by atoms with E-state index in [2.05, 4.69) is 28.7 Å². The molecule has 3 N–H and O–H groups in total. The minimum absolute atomic E-state index is 0.0117. The van der Waals surface area contributed by atoms with Gasteiger partial charge in [-0.2, -0.15) is 0 Å². The van der Waals surface area contributed by atoms with Crippen molar-refractivity contribution in [2.24, 2.45) is 0 Å². The van der Waals surface area contributed by atoms with E-state index in [0.717, 1.165) is 4.57 Å². The van der Waals surface area contributed by atoms with Gasteiger partial charge in [0.05, 0.1) is 26.9 Å². The van der Waals surface area contributed by atoms with Crippen molar-refractivity contribution in [2.75, 3.05) is 20.8 Å². The number of nitrogens with one attached hydrogen (secondary N) is 1. The van der Waals surface area contributed by atoms with Crippen LogP contribution in [0.25, 0.3) is 0 Å². The highest BCUT2D eigenvalue weighted by Crippen LogP contribution is 2.27. The predicted octanol–water partition coefficient (Wildman–Crippen LogP) is -0.402. The highest BCUT2D eigenvalue weighted by molar-refractivity contribution is 5.49. The molecule has 1 aliphatic rings. The second-order valence-electron chi connectivity index (χ2n) is 6.43. The second kappa shape index (κ2) is 9.33. The fraction of sp³-hybridized carbons (Fsp3) is 0.333. The van der Waals surface area contributed by atoms with Gasteiger partial charge in [0, 0.05) is 24.2 Å². The third-order valence-electron chi connectivity index (χ3n) is 4.48. The fourth-order valence-corrected chi connectivity index (χ4v) is 2.92. The summed E-state index contributed by atoms with van der Waals surface area (Å²) in [6.07, 6.45) is -1.19. The van der Waals surface area contributed by atoms with Crippen LogP contribution in [0.1, 0.15) is 23.8 Å². The number of aromatic amines is 1. The first-order valence-corrected chi connectivity index (χ1v) is 9.00. The molecule has 0 aliphatic carbocycles. The standard InChI is InChI=1S/C21H20N2O7/c1-28-15-7-13(8-16(9-15)29-2)5-3-4-6-14-11-23(21(27)22-20(14)26)19-10-17(25)18(12-24)30-19/h7-9,11,17-19,24-25H,10,12H2,1-2H3,(H,22,26,27)/t17-,18+,19+/m0/s1. The number of aliphatic hydroxyl groups excluding tert-OH is 2.